The fourth-order valence-corrected chi connectivity index (χ4v) is 3.26. The number of aliphatic hydroxyl groups is 1. The maximum atomic E-state index is 11.1. The van der Waals surface area contributed by atoms with Gasteiger partial charge in [0.15, 0.2) is 5.97 Å². The molecule has 1 unspecified atom stereocenters. The van der Waals surface area contributed by atoms with E-state index in [-0.39, 0.29) is 58.9 Å². The highest BCUT2D eigenvalue weighted by Crippen LogP contribution is 2.10. The van der Waals surface area contributed by atoms with Gasteiger partial charge in [0.05, 0.1) is 19.6 Å². The zero-order valence-electron chi connectivity index (χ0n) is 15.5. The van der Waals surface area contributed by atoms with Gasteiger partial charge in [-0.2, -0.15) is 0 Å². The molecule has 1 saturated heterocycles. The first kappa shape index (κ1) is 24.3. The predicted octanol–water partition coefficient (Wildman–Crippen LogP) is -1.97. The van der Waals surface area contributed by atoms with Crippen molar-refractivity contribution in [3.8, 4) is 0 Å². The van der Waals surface area contributed by atoms with Crippen LogP contribution in [-0.2, 0) is 18.9 Å². The summed E-state index contributed by atoms with van der Waals surface area (Å²) in [4.78, 5) is 39.6. The van der Waals surface area contributed by atoms with Crippen LogP contribution in [0.4, 0.5) is 0 Å². The molecule has 4 N–H and O–H groups in total. The van der Waals surface area contributed by atoms with Crippen molar-refractivity contribution < 1.29 is 39.4 Å². The van der Waals surface area contributed by atoms with E-state index in [0.29, 0.717) is 13.1 Å². The molecule has 1 rings (SSSR count). The molecule has 0 aromatic rings. The summed E-state index contributed by atoms with van der Waals surface area (Å²) in [5.74, 6) is -4.35. The fourth-order valence-electron chi connectivity index (χ4n) is 2.90. The van der Waals surface area contributed by atoms with Gasteiger partial charge in [0, 0.05) is 52.4 Å². The molecule has 0 radical (unpaired) electrons. The average molecular weight is 422 g/mol. The summed E-state index contributed by atoms with van der Waals surface area (Å²) in [6, 6.07) is 0. The monoisotopic (exact) mass is 422 g/mol. The van der Waals surface area contributed by atoms with E-state index in [9.17, 15) is 24.1 Å². The molecule has 28 heavy (non-hydrogen) atoms. The van der Waals surface area contributed by atoms with Crippen LogP contribution in [0.15, 0.2) is 0 Å². The second-order valence-corrected chi connectivity index (χ2v) is 7.17. The van der Waals surface area contributed by atoms with Crippen LogP contribution in [0.25, 0.3) is 0 Å². The highest BCUT2D eigenvalue weighted by molar-refractivity contribution is 7.24. The van der Waals surface area contributed by atoms with E-state index in [4.69, 9.17) is 15.3 Å². The Hall–Kier alpha value is -1.69. The molecule has 0 saturated carbocycles. The normalized spacial score (nSPS) is 20.9. The Morgan fingerprint density at radius 3 is 1.21 bits per heavy atom. The number of carboxylic acid groups (broad SMARTS) is 3. The van der Waals surface area contributed by atoms with Crippen molar-refractivity contribution in [2.45, 2.75) is 5.97 Å². The molecule has 1 atom stereocenters. The molecule has 1 heterocycles. The minimum atomic E-state index is -1.27. The molecule has 0 aromatic carbocycles. The van der Waals surface area contributed by atoms with Crippen LogP contribution in [0, 0.1) is 0 Å². The largest absolute Gasteiger partial charge is 0.480 e. The number of rotatable bonds is 8. The summed E-state index contributed by atoms with van der Waals surface area (Å²) >= 11 is 0. The Kier molecular flexibility index (Phi) is 11.0. The molecule has 0 bridgehead atoms. The SMILES string of the molecule is O=PC(O)N1CCN(CC(=O)O)CCN(CC(=O)O)CCN(CC(=O)O)CC1. The molecule has 0 spiro atoms. The van der Waals surface area contributed by atoms with E-state index >= 15 is 0 Å². The van der Waals surface area contributed by atoms with Crippen molar-refractivity contribution >= 4 is 26.4 Å². The van der Waals surface area contributed by atoms with Crippen LogP contribution in [-0.4, -0.2) is 136 Å². The summed E-state index contributed by atoms with van der Waals surface area (Å²) in [5.41, 5.74) is 0. The minimum absolute atomic E-state index is 0.226. The quantitative estimate of drug-likeness (QED) is 0.320. The van der Waals surface area contributed by atoms with Gasteiger partial charge in [-0.05, 0) is 0 Å². The Morgan fingerprint density at radius 2 is 0.964 bits per heavy atom. The molecule has 160 valence electrons. The standard InChI is InChI=1S/C15H27N4O8P/c20-12(21)9-16-1-3-17(10-13(22)23)5-7-19(15(26)28-27)8-6-18(4-2-16)11-14(24)25/h15,26H,1-11H2,(H,20,21)(H,22,23)(H,24,25). The summed E-state index contributed by atoms with van der Waals surface area (Å²) < 4.78 is 11.1. The highest BCUT2D eigenvalue weighted by atomic mass is 31.1. The second-order valence-electron chi connectivity index (χ2n) is 6.50. The fraction of sp³-hybridized carbons (Fsp3) is 0.800. The third kappa shape index (κ3) is 10.0. The Labute approximate surface area is 164 Å². The van der Waals surface area contributed by atoms with Crippen LogP contribution >= 0.6 is 8.46 Å². The van der Waals surface area contributed by atoms with Crippen molar-refractivity contribution in [2.24, 2.45) is 0 Å². The number of aliphatic hydroxyl groups excluding tert-OH is 1. The third-order valence-corrected chi connectivity index (χ3v) is 4.88. The summed E-state index contributed by atoms with van der Waals surface area (Å²) in [6.07, 6.45) is 0. The zero-order valence-corrected chi connectivity index (χ0v) is 16.4. The van der Waals surface area contributed by atoms with E-state index in [0.717, 1.165) is 0 Å². The van der Waals surface area contributed by atoms with E-state index in [1.54, 1.807) is 14.7 Å². The summed E-state index contributed by atoms with van der Waals surface area (Å²) in [6.45, 7) is 1.42. The molecular weight excluding hydrogens is 395 g/mol. The van der Waals surface area contributed by atoms with E-state index in [1.165, 1.54) is 4.90 Å². The van der Waals surface area contributed by atoms with Crippen molar-refractivity contribution in [2.75, 3.05) is 72.0 Å². The van der Waals surface area contributed by atoms with Crippen LogP contribution in [0.3, 0.4) is 0 Å². The second kappa shape index (κ2) is 12.7. The molecule has 1 fully saturated rings. The van der Waals surface area contributed by atoms with Gasteiger partial charge >= 0.3 is 17.9 Å². The van der Waals surface area contributed by atoms with Crippen molar-refractivity contribution in [1.82, 2.24) is 19.6 Å². The average Bonchev–Trinajstić information content (AvgIpc) is 2.59. The molecule has 0 aromatic heterocycles. The summed E-state index contributed by atoms with van der Waals surface area (Å²) in [5, 5.41) is 37.2. The van der Waals surface area contributed by atoms with E-state index < -0.39 is 32.3 Å². The smallest absolute Gasteiger partial charge is 0.317 e. The Morgan fingerprint density at radius 1 is 0.679 bits per heavy atom. The molecule has 13 heteroatoms. The van der Waals surface area contributed by atoms with Crippen molar-refractivity contribution in [3.63, 3.8) is 0 Å². The number of carboxylic acids is 3. The Balaban J connectivity index is 2.93. The minimum Gasteiger partial charge on any atom is -0.480 e. The lowest BCUT2D eigenvalue weighted by molar-refractivity contribution is -0.140. The Bertz CT molecular complexity index is 520. The first-order valence-corrected chi connectivity index (χ1v) is 9.66. The molecule has 1 aliphatic rings. The maximum Gasteiger partial charge on any atom is 0.317 e. The van der Waals surface area contributed by atoms with Crippen LogP contribution in [0.2, 0.25) is 0 Å². The van der Waals surface area contributed by atoms with Gasteiger partial charge in [-0.25, -0.2) is 0 Å². The first-order valence-electron chi connectivity index (χ1n) is 8.78. The first-order chi connectivity index (χ1) is 13.2. The number of carbonyl (C=O) groups is 3. The molecule has 0 aliphatic carbocycles. The van der Waals surface area contributed by atoms with Crippen LogP contribution in [0.1, 0.15) is 0 Å². The molecule has 1 aliphatic heterocycles. The molecule has 0 amide bonds. The van der Waals surface area contributed by atoms with Gasteiger partial charge in [0.1, 0.15) is 0 Å². The highest BCUT2D eigenvalue weighted by Gasteiger charge is 2.22. The van der Waals surface area contributed by atoms with Crippen LogP contribution < -0.4 is 0 Å². The van der Waals surface area contributed by atoms with Gasteiger partial charge in [0.2, 0.25) is 8.46 Å². The lowest BCUT2D eigenvalue weighted by atomic mass is 10.3. The van der Waals surface area contributed by atoms with Crippen LogP contribution in [0.5, 0.6) is 0 Å². The molecule has 12 nitrogen and oxygen atoms in total. The van der Waals surface area contributed by atoms with Gasteiger partial charge in [0.25, 0.3) is 0 Å². The predicted molar refractivity (Wildman–Crippen MR) is 97.4 cm³/mol. The number of hydrogen-bond acceptors (Lipinski definition) is 9. The number of aliphatic carboxylic acids is 3. The lowest BCUT2D eigenvalue weighted by Crippen LogP contribution is -2.49. The lowest BCUT2D eigenvalue weighted by Gasteiger charge is -2.33. The van der Waals surface area contributed by atoms with E-state index in [1.807, 2.05) is 0 Å². The van der Waals surface area contributed by atoms with Gasteiger partial charge in [-0.1, -0.05) is 0 Å². The maximum absolute atomic E-state index is 11.1. The summed E-state index contributed by atoms with van der Waals surface area (Å²) in [7, 11) is -0.499. The zero-order chi connectivity index (χ0) is 21.1. The third-order valence-electron chi connectivity index (χ3n) is 4.37. The van der Waals surface area contributed by atoms with Crippen molar-refractivity contribution in [3.05, 3.63) is 0 Å². The number of hydrogen-bond donors (Lipinski definition) is 4. The van der Waals surface area contributed by atoms with Gasteiger partial charge in [-0.15, -0.1) is 0 Å². The topological polar surface area (TPSA) is 162 Å². The van der Waals surface area contributed by atoms with E-state index in [2.05, 4.69) is 0 Å². The number of nitrogens with zero attached hydrogens (tertiary/aromatic N) is 4. The molecular formula is C15H27N4O8P. The van der Waals surface area contributed by atoms with Gasteiger partial charge in [-0.3, -0.25) is 38.5 Å². The van der Waals surface area contributed by atoms with Gasteiger partial charge < -0.3 is 20.4 Å². The van der Waals surface area contributed by atoms with Crippen molar-refractivity contribution in [1.29, 1.82) is 0 Å².